The van der Waals surface area contributed by atoms with Crippen molar-refractivity contribution in [3.05, 3.63) is 95.0 Å². The molecule has 0 radical (unpaired) electrons. The molecule has 1 aliphatic rings. The van der Waals surface area contributed by atoms with Crippen LogP contribution in [0.5, 0.6) is 0 Å². The van der Waals surface area contributed by atoms with E-state index in [1.54, 1.807) is 4.90 Å². The third-order valence-electron chi connectivity index (χ3n) is 4.84. The minimum atomic E-state index is -0.0870. The largest absolute Gasteiger partial charge is 0.351 e. The number of amides is 1. The molecule has 1 aliphatic heterocycles. The third-order valence-corrected chi connectivity index (χ3v) is 6.54. The first-order valence-electron chi connectivity index (χ1n) is 9.69. The van der Waals surface area contributed by atoms with E-state index in [0.29, 0.717) is 15.2 Å². The van der Waals surface area contributed by atoms with E-state index in [2.05, 4.69) is 4.98 Å². The number of aryl methyl sites for hydroxylation is 1. The molecule has 1 fully saturated rings. The number of aromatic nitrogens is 2. The Morgan fingerprint density at radius 2 is 1.71 bits per heavy atom. The van der Waals surface area contributed by atoms with Gasteiger partial charge in [0.2, 0.25) is 5.13 Å². The summed E-state index contributed by atoms with van der Waals surface area (Å²) in [7, 11) is 1.96. The van der Waals surface area contributed by atoms with Crippen LogP contribution in [0.4, 0.5) is 10.8 Å². The fourth-order valence-corrected chi connectivity index (χ4v) is 4.97. The van der Waals surface area contributed by atoms with Crippen LogP contribution in [0.15, 0.2) is 94.3 Å². The molecule has 0 spiro atoms. The second-order valence-electron chi connectivity index (χ2n) is 6.91. The first-order valence-corrected chi connectivity index (χ1v) is 11.4. The van der Waals surface area contributed by atoms with Gasteiger partial charge in [0.1, 0.15) is 0 Å². The molecule has 4 aromatic rings. The van der Waals surface area contributed by atoms with Crippen molar-refractivity contribution in [1.82, 2.24) is 9.55 Å². The molecular weight excluding hydrogens is 424 g/mol. The average molecular weight is 443 g/mol. The molecule has 5 rings (SSSR count). The van der Waals surface area contributed by atoms with Gasteiger partial charge in [-0.15, -0.1) is 11.3 Å². The minimum Gasteiger partial charge on any atom is -0.351 e. The minimum absolute atomic E-state index is 0.0870. The SMILES string of the molecule is Cn1cccc1/C=C1/S/C(=N/c2nc(-c3ccccc3)cs2)N(c2ccccc2)C1=O. The zero-order valence-electron chi connectivity index (χ0n) is 16.7. The summed E-state index contributed by atoms with van der Waals surface area (Å²) in [5, 5.41) is 3.21. The predicted molar refractivity (Wildman–Crippen MR) is 130 cm³/mol. The summed E-state index contributed by atoms with van der Waals surface area (Å²) in [5.74, 6) is -0.0870. The van der Waals surface area contributed by atoms with Gasteiger partial charge in [-0.25, -0.2) is 4.98 Å². The van der Waals surface area contributed by atoms with Crippen LogP contribution in [0.25, 0.3) is 17.3 Å². The highest BCUT2D eigenvalue weighted by atomic mass is 32.2. The highest BCUT2D eigenvalue weighted by Gasteiger charge is 2.35. The quantitative estimate of drug-likeness (QED) is 0.367. The first-order chi connectivity index (χ1) is 15.2. The fourth-order valence-electron chi connectivity index (χ4n) is 3.25. The van der Waals surface area contributed by atoms with E-state index in [1.807, 2.05) is 102 Å². The molecule has 152 valence electrons. The molecule has 5 nitrogen and oxygen atoms in total. The number of amidine groups is 1. The van der Waals surface area contributed by atoms with Crippen LogP contribution < -0.4 is 4.90 Å². The Kier molecular flexibility index (Phi) is 5.28. The molecule has 1 amide bonds. The number of rotatable bonds is 4. The Bertz CT molecular complexity index is 1290. The molecule has 0 saturated carbocycles. The Labute approximate surface area is 188 Å². The highest BCUT2D eigenvalue weighted by molar-refractivity contribution is 8.19. The molecule has 0 bridgehead atoms. The maximum atomic E-state index is 13.3. The number of para-hydroxylation sites is 1. The predicted octanol–water partition coefficient (Wildman–Crippen LogP) is 5.96. The molecule has 1 saturated heterocycles. The number of thioether (sulfide) groups is 1. The van der Waals surface area contributed by atoms with Crippen LogP contribution in [0.1, 0.15) is 5.69 Å². The van der Waals surface area contributed by atoms with E-state index < -0.39 is 0 Å². The van der Waals surface area contributed by atoms with Gasteiger partial charge in [-0.2, -0.15) is 4.99 Å². The topological polar surface area (TPSA) is 50.5 Å². The standard InChI is InChI=1S/C24H18N4OS2/c1-27-14-8-13-19(27)15-21-22(29)28(18-11-6-3-7-12-18)24(31-21)26-23-25-20(16-30-23)17-9-4-2-5-10-17/h2-16H,1H3/b21-15+,26-24+. The summed E-state index contributed by atoms with van der Waals surface area (Å²) >= 11 is 2.83. The summed E-state index contributed by atoms with van der Waals surface area (Å²) in [4.78, 5) is 25.0. The van der Waals surface area contributed by atoms with Crippen molar-refractivity contribution in [3.63, 3.8) is 0 Å². The van der Waals surface area contributed by atoms with E-state index in [9.17, 15) is 4.79 Å². The zero-order chi connectivity index (χ0) is 21.2. The Balaban J connectivity index is 1.54. The van der Waals surface area contributed by atoms with Crippen molar-refractivity contribution < 1.29 is 4.79 Å². The maximum absolute atomic E-state index is 13.3. The first kappa shape index (κ1) is 19.5. The number of thiazole rings is 1. The van der Waals surface area contributed by atoms with Gasteiger partial charge in [-0.3, -0.25) is 9.69 Å². The normalized spacial score (nSPS) is 16.5. The second-order valence-corrected chi connectivity index (χ2v) is 8.75. The van der Waals surface area contributed by atoms with Gasteiger partial charge in [0.15, 0.2) is 5.17 Å². The van der Waals surface area contributed by atoms with Crippen LogP contribution in [-0.4, -0.2) is 20.6 Å². The lowest BCUT2D eigenvalue weighted by atomic mass is 10.2. The summed E-state index contributed by atoms with van der Waals surface area (Å²) < 4.78 is 1.98. The lowest BCUT2D eigenvalue weighted by Gasteiger charge is -2.14. The third kappa shape index (κ3) is 3.97. The van der Waals surface area contributed by atoms with Crippen LogP contribution in [-0.2, 0) is 11.8 Å². The van der Waals surface area contributed by atoms with E-state index in [0.717, 1.165) is 22.6 Å². The summed E-state index contributed by atoms with van der Waals surface area (Å²) in [6, 6.07) is 23.5. The van der Waals surface area contributed by atoms with Gasteiger partial charge >= 0.3 is 0 Å². The van der Waals surface area contributed by atoms with E-state index in [1.165, 1.54) is 23.1 Å². The van der Waals surface area contributed by atoms with Crippen molar-refractivity contribution in [1.29, 1.82) is 0 Å². The number of carbonyl (C=O) groups excluding carboxylic acids is 1. The second kappa shape index (κ2) is 8.37. The molecule has 3 heterocycles. The fraction of sp³-hybridized carbons (Fsp3) is 0.0417. The van der Waals surface area contributed by atoms with Gasteiger partial charge in [-0.05, 0) is 42.1 Å². The number of hydrogen-bond donors (Lipinski definition) is 0. The van der Waals surface area contributed by atoms with Gasteiger partial charge < -0.3 is 4.57 Å². The molecule has 0 atom stereocenters. The molecule has 0 unspecified atom stereocenters. The van der Waals surface area contributed by atoms with Crippen LogP contribution in [0.3, 0.4) is 0 Å². The highest BCUT2D eigenvalue weighted by Crippen LogP contribution is 2.38. The van der Waals surface area contributed by atoms with Gasteiger partial charge in [0, 0.05) is 29.9 Å². The number of hydrogen-bond acceptors (Lipinski definition) is 5. The Morgan fingerprint density at radius 1 is 0.968 bits per heavy atom. The van der Waals surface area contributed by atoms with Crippen molar-refractivity contribution in [2.45, 2.75) is 0 Å². The molecule has 31 heavy (non-hydrogen) atoms. The molecular formula is C24H18N4OS2. The van der Waals surface area contributed by atoms with Crippen molar-refractivity contribution in [2.75, 3.05) is 4.90 Å². The summed E-state index contributed by atoms with van der Waals surface area (Å²) in [6.07, 6.45) is 3.86. The van der Waals surface area contributed by atoms with E-state index in [4.69, 9.17) is 4.99 Å². The van der Waals surface area contributed by atoms with E-state index in [-0.39, 0.29) is 5.91 Å². The number of carbonyl (C=O) groups is 1. The average Bonchev–Trinajstić information content (AvgIpc) is 3.50. The van der Waals surface area contributed by atoms with Gasteiger partial charge in [-0.1, -0.05) is 48.5 Å². The molecule has 0 N–H and O–H groups in total. The van der Waals surface area contributed by atoms with Crippen molar-refractivity contribution in [2.24, 2.45) is 12.0 Å². The van der Waals surface area contributed by atoms with Crippen molar-refractivity contribution in [3.8, 4) is 11.3 Å². The Hall–Kier alpha value is -3.42. The van der Waals surface area contributed by atoms with Gasteiger partial charge in [0.25, 0.3) is 5.91 Å². The smallest absolute Gasteiger partial charge is 0.271 e. The van der Waals surface area contributed by atoms with Gasteiger partial charge in [0.05, 0.1) is 16.3 Å². The monoisotopic (exact) mass is 442 g/mol. The molecule has 2 aromatic heterocycles. The van der Waals surface area contributed by atoms with Crippen LogP contribution in [0.2, 0.25) is 0 Å². The maximum Gasteiger partial charge on any atom is 0.271 e. The van der Waals surface area contributed by atoms with Crippen LogP contribution >= 0.6 is 23.1 Å². The Morgan fingerprint density at radius 3 is 2.42 bits per heavy atom. The summed E-state index contributed by atoms with van der Waals surface area (Å²) in [6.45, 7) is 0. The molecule has 7 heteroatoms. The lowest BCUT2D eigenvalue weighted by Crippen LogP contribution is -2.28. The van der Waals surface area contributed by atoms with E-state index >= 15 is 0 Å². The zero-order valence-corrected chi connectivity index (χ0v) is 18.3. The molecule has 0 aliphatic carbocycles. The number of aliphatic imine (C=N–C) groups is 1. The number of benzene rings is 2. The van der Waals surface area contributed by atoms with Crippen molar-refractivity contribution >= 4 is 51.1 Å². The molecule has 2 aromatic carbocycles. The number of nitrogens with zero attached hydrogens (tertiary/aromatic N) is 4. The van der Waals surface area contributed by atoms with Crippen LogP contribution in [0, 0.1) is 0 Å². The number of anilines is 1. The lowest BCUT2D eigenvalue weighted by molar-refractivity contribution is -0.113. The summed E-state index contributed by atoms with van der Waals surface area (Å²) in [5.41, 5.74) is 3.68.